The first kappa shape index (κ1) is 19.5. The third-order valence-electron chi connectivity index (χ3n) is 4.56. The molecule has 1 aliphatic heterocycles. The van der Waals surface area contributed by atoms with Gasteiger partial charge in [0.05, 0.1) is 10.2 Å². The van der Waals surface area contributed by atoms with Crippen molar-refractivity contribution < 1.29 is 4.79 Å². The summed E-state index contributed by atoms with van der Waals surface area (Å²) in [5, 5.41) is 9.99. The zero-order chi connectivity index (χ0) is 18.5. The second kappa shape index (κ2) is 9.06. The van der Waals surface area contributed by atoms with Crippen LogP contribution in [0, 0.1) is 0 Å². The fourth-order valence-electron chi connectivity index (χ4n) is 2.93. The van der Waals surface area contributed by atoms with E-state index >= 15 is 0 Å². The van der Waals surface area contributed by atoms with Crippen LogP contribution in [0.15, 0.2) is 28.7 Å². The lowest BCUT2D eigenvalue weighted by molar-refractivity contribution is 0.102. The van der Waals surface area contributed by atoms with E-state index in [1.807, 2.05) is 23.9 Å². The second-order valence-corrected chi connectivity index (χ2v) is 8.83. The van der Waals surface area contributed by atoms with Crippen molar-refractivity contribution in [2.45, 2.75) is 26.2 Å². The van der Waals surface area contributed by atoms with Gasteiger partial charge in [-0.25, -0.2) is 0 Å². The number of aromatic amines is 1. The summed E-state index contributed by atoms with van der Waals surface area (Å²) in [6, 6.07) is 8.10. The predicted molar refractivity (Wildman–Crippen MR) is 112 cm³/mol. The molecule has 26 heavy (non-hydrogen) atoms. The van der Waals surface area contributed by atoms with Gasteiger partial charge in [-0.05, 0) is 46.0 Å². The number of hydrogen-bond donors (Lipinski definition) is 2. The van der Waals surface area contributed by atoms with Crippen molar-refractivity contribution in [1.29, 1.82) is 0 Å². The minimum absolute atomic E-state index is 0.210. The number of benzene rings is 1. The molecule has 7 heteroatoms. The highest BCUT2D eigenvalue weighted by Gasteiger charge is 2.19. The molecular formula is C19H25BrN4OS. The molecule has 1 aliphatic rings. The van der Waals surface area contributed by atoms with Crippen molar-refractivity contribution in [1.82, 2.24) is 15.1 Å². The molecular weight excluding hydrogens is 412 g/mol. The molecule has 1 saturated heterocycles. The summed E-state index contributed by atoms with van der Waals surface area (Å²) < 4.78 is 0.737. The van der Waals surface area contributed by atoms with Crippen molar-refractivity contribution in [3.05, 3.63) is 45.7 Å². The molecule has 0 bridgehead atoms. The van der Waals surface area contributed by atoms with Crippen LogP contribution in [0.3, 0.4) is 0 Å². The van der Waals surface area contributed by atoms with Crippen LogP contribution in [0.25, 0.3) is 0 Å². The summed E-state index contributed by atoms with van der Waals surface area (Å²) in [7, 11) is 0. The van der Waals surface area contributed by atoms with E-state index in [9.17, 15) is 4.79 Å². The quantitative estimate of drug-likeness (QED) is 0.713. The Bertz CT molecular complexity index is 738. The summed E-state index contributed by atoms with van der Waals surface area (Å²) in [6.07, 6.45) is 1.04. The molecule has 0 aliphatic carbocycles. The number of H-pyrrole nitrogens is 1. The maximum atomic E-state index is 12.5. The van der Waals surface area contributed by atoms with Crippen molar-refractivity contribution in [3.8, 4) is 0 Å². The van der Waals surface area contributed by atoms with Crippen LogP contribution in [-0.2, 0) is 6.42 Å². The van der Waals surface area contributed by atoms with Gasteiger partial charge >= 0.3 is 0 Å². The predicted octanol–water partition coefficient (Wildman–Crippen LogP) is 4.14. The SMILES string of the molecule is CC(C)c1[nH]nc(C(=O)Nc2ccc(CCN3CCSCC3)cc2)c1Br. The Hall–Kier alpha value is -1.31. The molecule has 3 rings (SSSR count). The second-order valence-electron chi connectivity index (χ2n) is 6.81. The van der Waals surface area contributed by atoms with E-state index in [-0.39, 0.29) is 11.8 Å². The molecule has 1 aromatic heterocycles. The van der Waals surface area contributed by atoms with Gasteiger partial charge in [0.1, 0.15) is 0 Å². The maximum absolute atomic E-state index is 12.5. The Labute approximate surface area is 167 Å². The fraction of sp³-hybridized carbons (Fsp3) is 0.474. The van der Waals surface area contributed by atoms with Crippen LogP contribution in [0.1, 0.15) is 41.5 Å². The molecule has 1 fully saturated rings. The van der Waals surface area contributed by atoms with E-state index in [1.54, 1.807) is 0 Å². The number of carbonyl (C=O) groups is 1. The van der Waals surface area contributed by atoms with Crippen LogP contribution in [0.4, 0.5) is 5.69 Å². The summed E-state index contributed by atoms with van der Waals surface area (Å²) in [5.74, 6) is 2.55. The van der Waals surface area contributed by atoms with Gasteiger partial charge in [0, 0.05) is 36.8 Å². The van der Waals surface area contributed by atoms with Gasteiger partial charge in [-0.2, -0.15) is 16.9 Å². The summed E-state index contributed by atoms with van der Waals surface area (Å²) >= 11 is 5.51. The topological polar surface area (TPSA) is 61.0 Å². The molecule has 2 aromatic rings. The van der Waals surface area contributed by atoms with Gasteiger partial charge < -0.3 is 10.2 Å². The van der Waals surface area contributed by atoms with Crippen LogP contribution in [-0.4, -0.2) is 52.1 Å². The summed E-state index contributed by atoms with van der Waals surface area (Å²) in [5.41, 5.74) is 3.40. The van der Waals surface area contributed by atoms with E-state index in [2.05, 4.69) is 62.3 Å². The zero-order valence-electron chi connectivity index (χ0n) is 15.2. The average molecular weight is 437 g/mol. The Balaban J connectivity index is 1.56. The maximum Gasteiger partial charge on any atom is 0.277 e. The van der Waals surface area contributed by atoms with Gasteiger partial charge in [0.2, 0.25) is 0 Å². The minimum Gasteiger partial charge on any atom is -0.321 e. The molecule has 2 N–H and O–H groups in total. The van der Waals surface area contributed by atoms with Crippen molar-refractivity contribution in [2.24, 2.45) is 0 Å². The Kier molecular flexibility index (Phi) is 6.78. The minimum atomic E-state index is -0.210. The highest BCUT2D eigenvalue weighted by Crippen LogP contribution is 2.26. The molecule has 0 atom stereocenters. The number of nitrogens with zero attached hydrogens (tertiary/aromatic N) is 2. The van der Waals surface area contributed by atoms with Crippen molar-refractivity contribution in [2.75, 3.05) is 36.5 Å². The number of carbonyl (C=O) groups excluding carboxylic acids is 1. The third-order valence-corrected chi connectivity index (χ3v) is 6.30. The van der Waals surface area contributed by atoms with Crippen LogP contribution in [0.5, 0.6) is 0 Å². The molecule has 0 spiro atoms. The summed E-state index contributed by atoms with van der Waals surface area (Å²) in [4.78, 5) is 15.0. The first-order chi connectivity index (χ1) is 12.5. The molecule has 0 saturated carbocycles. The number of hydrogen-bond acceptors (Lipinski definition) is 4. The Morgan fingerprint density at radius 2 is 2.00 bits per heavy atom. The molecule has 140 valence electrons. The highest BCUT2D eigenvalue weighted by molar-refractivity contribution is 9.10. The molecule has 1 aromatic carbocycles. The van der Waals surface area contributed by atoms with Crippen molar-refractivity contribution >= 4 is 39.3 Å². The van der Waals surface area contributed by atoms with Crippen LogP contribution in [0.2, 0.25) is 0 Å². The van der Waals surface area contributed by atoms with E-state index in [1.165, 1.54) is 30.2 Å². The van der Waals surface area contributed by atoms with Crippen LogP contribution >= 0.6 is 27.7 Å². The molecule has 5 nitrogen and oxygen atoms in total. The molecule has 2 heterocycles. The largest absolute Gasteiger partial charge is 0.321 e. The van der Waals surface area contributed by atoms with Crippen LogP contribution < -0.4 is 5.32 Å². The normalized spacial score (nSPS) is 15.4. The number of thioether (sulfide) groups is 1. The van der Waals surface area contributed by atoms with Gasteiger partial charge in [-0.3, -0.25) is 9.89 Å². The molecule has 1 amide bonds. The van der Waals surface area contributed by atoms with E-state index in [4.69, 9.17) is 0 Å². The smallest absolute Gasteiger partial charge is 0.277 e. The number of anilines is 1. The van der Waals surface area contributed by atoms with Gasteiger partial charge in [0.15, 0.2) is 5.69 Å². The van der Waals surface area contributed by atoms with Gasteiger partial charge in [0.25, 0.3) is 5.91 Å². The van der Waals surface area contributed by atoms with Gasteiger partial charge in [-0.15, -0.1) is 0 Å². The number of amides is 1. The average Bonchev–Trinajstić information content (AvgIpc) is 3.04. The highest BCUT2D eigenvalue weighted by atomic mass is 79.9. The molecule has 0 unspecified atom stereocenters. The lowest BCUT2D eigenvalue weighted by Crippen LogP contribution is -2.34. The third kappa shape index (κ3) is 4.90. The Morgan fingerprint density at radius 3 is 2.62 bits per heavy atom. The standard InChI is InChI=1S/C19H25BrN4OS/c1-13(2)17-16(20)18(23-22-17)19(25)21-15-5-3-14(4-6-15)7-8-24-9-11-26-12-10-24/h3-6,13H,7-12H2,1-2H3,(H,21,25)(H,22,23). The summed E-state index contributed by atoms with van der Waals surface area (Å²) in [6.45, 7) is 7.60. The van der Waals surface area contributed by atoms with E-state index < -0.39 is 0 Å². The van der Waals surface area contributed by atoms with Gasteiger partial charge in [-0.1, -0.05) is 26.0 Å². The number of rotatable bonds is 6. The fourth-order valence-corrected chi connectivity index (χ4v) is 4.73. The lowest BCUT2D eigenvalue weighted by atomic mass is 10.1. The lowest BCUT2D eigenvalue weighted by Gasteiger charge is -2.26. The Morgan fingerprint density at radius 1 is 1.31 bits per heavy atom. The zero-order valence-corrected chi connectivity index (χ0v) is 17.6. The van der Waals surface area contributed by atoms with Crippen molar-refractivity contribution in [3.63, 3.8) is 0 Å². The van der Waals surface area contributed by atoms with E-state index in [0.717, 1.165) is 28.8 Å². The van der Waals surface area contributed by atoms with E-state index in [0.29, 0.717) is 5.69 Å². The first-order valence-electron chi connectivity index (χ1n) is 8.98. The monoisotopic (exact) mass is 436 g/mol. The number of nitrogens with one attached hydrogen (secondary N) is 2. The molecule has 0 radical (unpaired) electrons. The first-order valence-corrected chi connectivity index (χ1v) is 10.9. The number of halogens is 1. The number of aromatic nitrogens is 2.